The predicted molar refractivity (Wildman–Crippen MR) is 107 cm³/mol. The van der Waals surface area contributed by atoms with Crippen LogP contribution in [0.4, 0.5) is 0 Å². The normalized spacial score (nSPS) is 20.2. The van der Waals surface area contributed by atoms with Crippen molar-refractivity contribution in [2.75, 3.05) is 39.3 Å². The lowest BCUT2D eigenvalue weighted by Gasteiger charge is -2.36. The second kappa shape index (κ2) is 8.70. The summed E-state index contributed by atoms with van der Waals surface area (Å²) in [4.78, 5) is 4.39. The molecule has 2 aromatic rings. The van der Waals surface area contributed by atoms with Gasteiger partial charge in [0.25, 0.3) is 0 Å². The number of hydrogen-bond acceptors (Lipinski definition) is 7. The number of rotatable bonds is 6. The van der Waals surface area contributed by atoms with Crippen molar-refractivity contribution in [2.45, 2.75) is 19.4 Å². The Morgan fingerprint density at radius 1 is 1.10 bits per heavy atom. The molecule has 0 spiro atoms. The SMILES string of the molecule is Cc1ccc2c(c1)OC(N1CCN(CC(O)COc3ccc(C#N)cc3)CC1)O2. The standard InChI is InChI=1S/C22H25N3O4/c1-16-2-7-20-21(12-16)29-22(28-20)25-10-8-24(9-11-25)14-18(26)15-27-19-5-3-17(13-23)4-6-19/h2-7,12,18,22,26H,8-11,14-15H2,1H3. The molecule has 2 atom stereocenters. The number of nitriles is 1. The van der Waals surface area contributed by atoms with Crippen LogP contribution in [0.1, 0.15) is 11.1 Å². The van der Waals surface area contributed by atoms with Gasteiger partial charge in [0.1, 0.15) is 18.5 Å². The molecule has 0 saturated carbocycles. The molecule has 0 amide bonds. The average molecular weight is 395 g/mol. The Hall–Kier alpha value is -2.79. The number of β-amino-alcohol motifs (C(OH)–C–C–N with tert-alkyl or cyclic N) is 1. The fraction of sp³-hybridized carbons (Fsp3) is 0.409. The highest BCUT2D eigenvalue weighted by molar-refractivity contribution is 5.44. The van der Waals surface area contributed by atoms with Crippen LogP contribution in [-0.2, 0) is 0 Å². The Labute approximate surface area is 170 Å². The van der Waals surface area contributed by atoms with Gasteiger partial charge in [0, 0.05) is 32.7 Å². The van der Waals surface area contributed by atoms with E-state index in [2.05, 4.69) is 15.9 Å². The minimum absolute atomic E-state index is 0.218. The summed E-state index contributed by atoms with van der Waals surface area (Å²) in [5.41, 5.74) is 1.74. The van der Waals surface area contributed by atoms with Crippen LogP contribution in [0, 0.1) is 18.3 Å². The monoisotopic (exact) mass is 395 g/mol. The maximum Gasteiger partial charge on any atom is 0.305 e. The van der Waals surface area contributed by atoms with Crippen LogP contribution in [0.3, 0.4) is 0 Å². The minimum atomic E-state index is -0.580. The lowest BCUT2D eigenvalue weighted by Crippen LogP contribution is -2.54. The van der Waals surface area contributed by atoms with Crippen molar-refractivity contribution in [2.24, 2.45) is 0 Å². The molecule has 0 aliphatic carbocycles. The number of ether oxygens (including phenoxy) is 3. The maximum atomic E-state index is 10.3. The second-order valence-electron chi connectivity index (χ2n) is 7.43. The molecule has 7 nitrogen and oxygen atoms in total. The summed E-state index contributed by atoms with van der Waals surface area (Å²) in [5, 5.41) is 19.1. The van der Waals surface area contributed by atoms with Crippen LogP contribution < -0.4 is 14.2 Å². The van der Waals surface area contributed by atoms with Crippen LogP contribution in [0.5, 0.6) is 17.2 Å². The van der Waals surface area contributed by atoms with Gasteiger partial charge in [0.15, 0.2) is 11.5 Å². The molecular weight excluding hydrogens is 370 g/mol. The zero-order valence-corrected chi connectivity index (χ0v) is 16.5. The van der Waals surface area contributed by atoms with E-state index in [9.17, 15) is 5.11 Å². The molecule has 1 fully saturated rings. The molecule has 152 valence electrons. The van der Waals surface area contributed by atoms with E-state index in [-0.39, 0.29) is 13.0 Å². The predicted octanol–water partition coefficient (Wildman–Crippen LogP) is 1.98. The van der Waals surface area contributed by atoms with Crippen molar-refractivity contribution < 1.29 is 19.3 Å². The summed E-state index contributed by atoms with van der Waals surface area (Å²) in [6, 6.07) is 14.9. The fourth-order valence-corrected chi connectivity index (χ4v) is 3.52. The van der Waals surface area contributed by atoms with Crippen LogP contribution in [0.25, 0.3) is 0 Å². The Morgan fingerprint density at radius 3 is 2.55 bits per heavy atom. The van der Waals surface area contributed by atoms with Gasteiger partial charge in [0.2, 0.25) is 0 Å². The van der Waals surface area contributed by atoms with E-state index in [1.807, 2.05) is 25.1 Å². The van der Waals surface area contributed by atoms with Gasteiger partial charge in [0.05, 0.1) is 11.6 Å². The topological polar surface area (TPSA) is 78.2 Å². The lowest BCUT2D eigenvalue weighted by atomic mass is 10.2. The molecule has 2 heterocycles. The van der Waals surface area contributed by atoms with Crippen LogP contribution in [0.2, 0.25) is 0 Å². The molecule has 4 rings (SSSR count). The highest BCUT2D eigenvalue weighted by Crippen LogP contribution is 2.36. The first-order valence-electron chi connectivity index (χ1n) is 9.82. The first kappa shape index (κ1) is 19.5. The number of aliphatic hydroxyl groups excluding tert-OH is 1. The molecule has 7 heteroatoms. The third kappa shape index (κ3) is 4.80. The Bertz CT molecular complexity index is 873. The molecular formula is C22H25N3O4. The Morgan fingerprint density at radius 2 is 1.83 bits per heavy atom. The zero-order valence-electron chi connectivity index (χ0n) is 16.5. The largest absolute Gasteiger partial charge is 0.491 e. The maximum absolute atomic E-state index is 10.3. The number of aliphatic hydroxyl groups is 1. The van der Waals surface area contributed by atoms with E-state index >= 15 is 0 Å². The number of piperazine rings is 1. The van der Waals surface area contributed by atoms with Crippen molar-refractivity contribution in [3.63, 3.8) is 0 Å². The zero-order chi connectivity index (χ0) is 20.2. The smallest absolute Gasteiger partial charge is 0.305 e. The molecule has 0 bridgehead atoms. The van der Waals surface area contributed by atoms with Crippen molar-refractivity contribution in [1.29, 1.82) is 5.26 Å². The molecule has 2 aliphatic heterocycles. The third-order valence-electron chi connectivity index (χ3n) is 5.15. The van der Waals surface area contributed by atoms with Gasteiger partial charge in [-0.2, -0.15) is 5.26 Å². The van der Waals surface area contributed by atoms with Crippen LogP contribution in [-0.4, -0.2) is 66.8 Å². The van der Waals surface area contributed by atoms with Crippen molar-refractivity contribution in [3.05, 3.63) is 53.6 Å². The van der Waals surface area contributed by atoms with Gasteiger partial charge in [-0.05, 0) is 48.9 Å². The Kier molecular flexibility index (Phi) is 5.86. The molecule has 1 saturated heterocycles. The average Bonchev–Trinajstić information content (AvgIpc) is 3.16. The number of fused-ring (bicyclic) bond motifs is 1. The first-order chi connectivity index (χ1) is 14.1. The minimum Gasteiger partial charge on any atom is -0.491 e. The summed E-state index contributed by atoms with van der Waals surface area (Å²) in [6.45, 7) is 6.07. The van der Waals surface area contributed by atoms with Gasteiger partial charge in [-0.1, -0.05) is 6.07 Å². The molecule has 2 aliphatic rings. The number of hydrogen-bond donors (Lipinski definition) is 1. The lowest BCUT2D eigenvalue weighted by molar-refractivity contribution is -0.106. The molecule has 0 aromatic heterocycles. The summed E-state index contributed by atoms with van der Waals surface area (Å²) < 4.78 is 17.5. The third-order valence-corrected chi connectivity index (χ3v) is 5.15. The van der Waals surface area contributed by atoms with Gasteiger partial charge in [-0.25, -0.2) is 4.90 Å². The Balaban J connectivity index is 1.19. The summed E-state index contributed by atoms with van der Waals surface area (Å²) in [7, 11) is 0. The van der Waals surface area contributed by atoms with Gasteiger partial charge >= 0.3 is 6.41 Å². The van der Waals surface area contributed by atoms with E-state index in [1.54, 1.807) is 24.3 Å². The summed E-state index contributed by atoms with van der Waals surface area (Å²) in [5.74, 6) is 2.24. The first-order valence-corrected chi connectivity index (χ1v) is 9.82. The molecule has 1 N–H and O–H groups in total. The summed E-state index contributed by atoms with van der Waals surface area (Å²) in [6.07, 6.45) is -0.956. The molecule has 29 heavy (non-hydrogen) atoms. The number of aryl methyl sites for hydroxylation is 1. The second-order valence-corrected chi connectivity index (χ2v) is 7.43. The van der Waals surface area contributed by atoms with E-state index in [0.717, 1.165) is 43.2 Å². The number of nitrogens with zero attached hydrogens (tertiary/aromatic N) is 3. The van der Waals surface area contributed by atoms with Gasteiger partial charge in [-0.15, -0.1) is 0 Å². The van der Waals surface area contributed by atoms with Crippen molar-refractivity contribution in [1.82, 2.24) is 9.80 Å². The van der Waals surface area contributed by atoms with Crippen LogP contribution in [0.15, 0.2) is 42.5 Å². The van der Waals surface area contributed by atoms with Crippen LogP contribution >= 0.6 is 0 Å². The van der Waals surface area contributed by atoms with Crippen molar-refractivity contribution in [3.8, 4) is 23.3 Å². The molecule has 2 unspecified atom stereocenters. The molecule has 0 radical (unpaired) electrons. The van der Waals surface area contributed by atoms with Gasteiger partial charge in [-0.3, -0.25) is 4.90 Å². The summed E-state index contributed by atoms with van der Waals surface area (Å²) >= 11 is 0. The van der Waals surface area contributed by atoms with E-state index in [0.29, 0.717) is 17.9 Å². The quantitative estimate of drug-likeness (QED) is 0.801. The highest BCUT2D eigenvalue weighted by atomic mass is 16.7. The highest BCUT2D eigenvalue weighted by Gasteiger charge is 2.32. The van der Waals surface area contributed by atoms with E-state index < -0.39 is 6.10 Å². The fourth-order valence-electron chi connectivity index (χ4n) is 3.52. The van der Waals surface area contributed by atoms with E-state index in [1.165, 1.54) is 0 Å². The number of benzene rings is 2. The van der Waals surface area contributed by atoms with Gasteiger partial charge < -0.3 is 19.3 Å². The molecule has 2 aromatic carbocycles. The van der Waals surface area contributed by atoms with Crippen molar-refractivity contribution >= 4 is 0 Å². The van der Waals surface area contributed by atoms with E-state index in [4.69, 9.17) is 19.5 Å².